The number of nitrogens with zero attached hydrogens (tertiary/aromatic N) is 1. The second kappa shape index (κ2) is 8.59. The highest BCUT2D eigenvalue weighted by Crippen LogP contribution is 2.19. The normalized spacial score (nSPS) is 11.4. The zero-order valence-electron chi connectivity index (χ0n) is 16.7. The SMILES string of the molecule is Cc1ccc(S(=O)(=O)N(C)Cc2ccc(C(=O)Nc3ccccc3C)cc2)cc1. The van der Waals surface area contributed by atoms with Crippen molar-refractivity contribution >= 4 is 21.6 Å². The van der Waals surface area contributed by atoms with Gasteiger partial charge in [0.1, 0.15) is 0 Å². The van der Waals surface area contributed by atoms with Crippen molar-refractivity contribution in [3.05, 3.63) is 95.1 Å². The van der Waals surface area contributed by atoms with Gasteiger partial charge in [0.2, 0.25) is 10.0 Å². The van der Waals surface area contributed by atoms with Crippen molar-refractivity contribution in [1.29, 1.82) is 0 Å². The highest BCUT2D eigenvalue weighted by atomic mass is 32.2. The molecule has 0 aliphatic carbocycles. The summed E-state index contributed by atoms with van der Waals surface area (Å²) < 4.78 is 26.7. The van der Waals surface area contributed by atoms with Crippen LogP contribution < -0.4 is 5.32 Å². The summed E-state index contributed by atoms with van der Waals surface area (Å²) in [7, 11) is -2.02. The van der Waals surface area contributed by atoms with E-state index in [0.29, 0.717) is 5.56 Å². The lowest BCUT2D eigenvalue weighted by atomic mass is 10.1. The lowest BCUT2D eigenvalue weighted by Gasteiger charge is -2.17. The lowest BCUT2D eigenvalue weighted by molar-refractivity contribution is 0.102. The minimum Gasteiger partial charge on any atom is -0.322 e. The van der Waals surface area contributed by atoms with Gasteiger partial charge in [0.05, 0.1) is 4.90 Å². The van der Waals surface area contributed by atoms with E-state index in [4.69, 9.17) is 0 Å². The monoisotopic (exact) mass is 408 g/mol. The molecule has 0 aliphatic rings. The van der Waals surface area contributed by atoms with Crippen LogP contribution in [0.2, 0.25) is 0 Å². The number of carbonyl (C=O) groups is 1. The van der Waals surface area contributed by atoms with Gasteiger partial charge in [-0.1, -0.05) is 48.0 Å². The van der Waals surface area contributed by atoms with Gasteiger partial charge in [0.25, 0.3) is 5.91 Å². The fourth-order valence-corrected chi connectivity index (χ4v) is 4.06. The summed E-state index contributed by atoms with van der Waals surface area (Å²) in [6.45, 7) is 4.07. The van der Waals surface area contributed by atoms with E-state index < -0.39 is 10.0 Å². The Morgan fingerprint density at radius 3 is 2.14 bits per heavy atom. The molecule has 0 bridgehead atoms. The van der Waals surface area contributed by atoms with Crippen molar-refractivity contribution in [2.24, 2.45) is 0 Å². The molecule has 150 valence electrons. The summed E-state index contributed by atoms with van der Waals surface area (Å²) >= 11 is 0. The van der Waals surface area contributed by atoms with Crippen molar-refractivity contribution in [2.75, 3.05) is 12.4 Å². The van der Waals surface area contributed by atoms with Crippen LogP contribution in [0, 0.1) is 13.8 Å². The number of hydrogen-bond acceptors (Lipinski definition) is 3. The van der Waals surface area contributed by atoms with Gasteiger partial charge in [0, 0.05) is 24.8 Å². The number of amides is 1. The van der Waals surface area contributed by atoms with Gasteiger partial charge in [-0.25, -0.2) is 8.42 Å². The number of hydrogen-bond donors (Lipinski definition) is 1. The molecule has 0 aliphatic heterocycles. The third kappa shape index (κ3) is 4.91. The number of anilines is 1. The summed E-state index contributed by atoms with van der Waals surface area (Å²) in [6, 6.07) is 21.3. The van der Waals surface area contributed by atoms with E-state index in [1.807, 2.05) is 38.1 Å². The number of aryl methyl sites for hydroxylation is 2. The fraction of sp³-hybridized carbons (Fsp3) is 0.174. The molecule has 29 heavy (non-hydrogen) atoms. The summed E-state index contributed by atoms with van der Waals surface area (Å²) in [6.07, 6.45) is 0. The Balaban J connectivity index is 1.69. The minimum atomic E-state index is -3.57. The van der Waals surface area contributed by atoms with Gasteiger partial charge >= 0.3 is 0 Å². The van der Waals surface area contributed by atoms with E-state index in [9.17, 15) is 13.2 Å². The molecule has 0 heterocycles. The third-order valence-corrected chi connectivity index (χ3v) is 6.56. The third-order valence-electron chi connectivity index (χ3n) is 4.74. The molecule has 1 amide bonds. The molecule has 0 aromatic heterocycles. The van der Waals surface area contributed by atoms with Gasteiger partial charge in [-0.3, -0.25) is 4.79 Å². The number of nitrogens with one attached hydrogen (secondary N) is 1. The quantitative estimate of drug-likeness (QED) is 0.658. The predicted octanol–water partition coefficient (Wildman–Crippen LogP) is 4.38. The molecule has 3 aromatic carbocycles. The van der Waals surface area contributed by atoms with E-state index in [1.54, 1.807) is 55.6 Å². The second-order valence-electron chi connectivity index (χ2n) is 7.04. The van der Waals surface area contributed by atoms with Crippen LogP contribution in [0.4, 0.5) is 5.69 Å². The average molecular weight is 409 g/mol. The van der Waals surface area contributed by atoms with Crippen LogP contribution in [-0.4, -0.2) is 25.7 Å². The van der Waals surface area contributed by atoms with E-state index >= 15 is 0 Å². The van der Waals surface area contributed by atoms with Crippen LogP contribution in [-0.2, 0) is 16.6 Å². The van der Waals surface area contributed by atoms with Crippen LogP contribution in [0.1, 0.15) is 27.0 Å². The van der Waals surface area contributed by atoms with Crippen LogP contribution in [0.3, 0.4) is 0 Å². The molecule has 1 N–H and O–H groups in total. The Morgan fingerprint density at radius 1 is 0.897 bits per heavy atom. The van der Waals surface area contributed by atoms with Gasteiger partial charge in [0.15, 0.2) is 0 Å². The first kappa shape index (κ1) is 20.8. The van der Waals surface area contributed by atoms with Crippen LogP contribution in [0.15, 0.2) is 77.7 Å². The topological polar surface area (TPSA) is 66.5 Å². The Bertz CT molecular complexity index is 1110. The molecule has 0 saturated carbocycles. The molecular formula is C23H24N2O3S. The maximum atomic E-state index is 12.7. The van der Waals surface area contributed by atoms with Crippen LogP contribution in [0.25, 0.3) is 0 Å². The smallest absolute Gasteiger partial charge is 0.255 e. The lowest BCUT2D eigenvalue weighted by Crippen LogP contribution is -2.26. The molecule has 3 rings (SSSR count). The first-order chi connectivity index (χ1) is 13.8. The maximum absolute atomic E-state index is 12.7. The fourth-order valence-electron chi connectivity index (χ4n) is 2.90. The summed E-state index contributed by atoms with van der Waals surface area (Å²) in [4.78, 5) is 12.7. The van der Waals surface area contributed by atoms with Crippen molar-refractivity contribution in [3.8, 4) is 0 Å². The van der Waals surface area contributed by atoms with E-state index in [-0.39, 0.29) is 17.3 Å². The zero-order valence-corrected chi connectivity index (χ0v) is 17.5. The molecule has 0 unspecified atom stereocenters. The average Bonchev–Trinajstić information content (AvgIpc) is 2.70. The Morgan fingerprint density at radius 2 is 1.52 bits per heavy atom. The zero-order chi connectivity index (χ0) is 21.0. The number of rotatable bonds is 6. The van der Waals surface area contributed by atoms with E-state index in [0.717, 1.165) is 22.4 Å². The minimum absolute atomic E-state index is 0.202. The van der Waals surface area contributed by atoms with Crippen molar-refractivity contribution < 1.29 is 13.2 Å². The van der Waals surface area contributed by atoms with Crippen LogP contribution in [0.5, 0.6) is 0 Å². The Hall–Kier alpha value is -2.96. The summed E-state index contributed by atoms with van der Waals surface area (Å²) in [5, 5.41) is 2.89. The van der Waals surface area contributed by atoms with Gasteiger partial charge < -0.3 is 5.32 Å². The van der Waals surface area contributed by atoms with Gasteiger partial charge in [-0.15, -0.1) is 0 Å². The first-order valence-electron chi connectivity index (χ1n) is 9.26. The van der Waals surface area contributed by atoms with E-state index in [1.165, 1.54) is 4.31 Å². The number of benzene rings is 3. The van der Waals surface area contributed by atoms with Crippen LogP contribution >= 0.6 is 0 Å². The molecule has 3 aromatic rings. The van der Waals surface area contributed by atoms with E-state index in [2.05, 4.69) is 5.32 Å². The second-order valence-corrected chi connectivity index (χ2v) is 9.08. The molecule has 0 fully saturated rings. The predicted molar refractivity (Wildman–Crippen MR) is 115 cm³/mol. The molecular weight excluding hydrogens is 384 g/mol. The molecule has 0 spiro atoms. The molecule has 6 heteroatoms. The number of sulfonamides is 1. The highest BCUT2D eigenvalue weighted by molar-refractivity contribution is 7.89. The largest absolute Gasteiger partial charge is 0.322 e. The van der Waals surface area contributed by atoms with Crippen molar-refractivity contribution in [3.63, 3.8) is 0 Å². The standard InChI is InChI=1S/C23H24N2O3S/c1-17-8-14-21(15-9-17)29(27,28)25(3)16-19-10-12-20(13-11-19)23(26)24-22-7-5-4-6-18(22)2/h4-15H,16H2,1-3H3,(H,24,26). The molecule has 0 saturated heterocycles. The summed E-state index contributed by atoms with van der Waals surface area (Å²) in [5.74, 6) is -0.202. The molecule has 5 nitrogen and oxygen atoms in total. The highest BCUT2D eigenvalue weighted by Gasteiger charge is 2.20. The number of carbonyl (C=O) groups excluding carboxylic acids is 1. The summed E-state index contributed by atoms with van der Waals surface area (Å²) in [5.41, 5.74) is 4.08. The van der Waals surface area contributed by atoms with Gasteiger partial charge in [-0.05, 0) is 55.3 Å². The molecule has 0 radical (unpaired) electrons. The first-order valence-corrected chi connectivity index (χ1v) is 10.7. The van der Waals surface area contributed by atoms with Gasteiger partial charge in [-0.2, -0.15) is 4.31 Å². The number of para-hydroxylation sites is 1. The Kier molecular flexibility index (Phi) is 6.15. The molecule has 0 atom stereocenters. The van der Waals surface area contributed by atoms with Crippen molar-refractivity contribution in [1.82, 2.24) is 4.31 Å². The maximum Gasteiger partial charge on any atom is 0.255 e. The Labute approximate surface area is 172 Å². The van der Waals surface area contributed by atoms with Crippen molar-refractivity contribution in [2.45, 2.75) is 25.3 Å².